The molecule has 0 aliphatic carbocycles. The van der Waals surface area contributed by atoms with E-state index in [1.54, 1.807) is 0 Å². The molecule has 0 aromatic carbocycles. The van der Waals surface area contributed by atoms with Gasteiger partial charge < -0.3 is 14.2 Å². The van der Waals surface area contributed by atoms with Gasteiger partial charge in [-0.25, -0.2) is 0 Å². The number of hydrogen-bond donors (Lipinski definition) is 0. The second-order valence-corrected chi connectivity index (χ2v) is 22.7. The lowest BCUT2D eigenvalue weighted by molar-refractivity contribution is -0.167. The van der Waals surface area contributed by atoms with Gasteiger partial charge in [-0.15, -0.1) is 0 Å². The van der Waals surface area contributed by atoms with Crippen molar-refractivity contribution in [1.29, 1.82) is 0 Å². The first-order valence-electron chi connectivity index (χ1n) is 34.7. The van der Waals surface area contributed by atoms with Gasteiger partial charge in [0.2, 0.25) is 0 Å². The molecule has 6 heteroatoms. The Morgan fingerprint density at radius 2 is 0.470 bits per heavy atom. The van der Waals surface area contributed by atoms with Gasteiger partial charge in [0, 0.05) is 19.3 Å². The van der Waals surface area contributed by atoms with Crippen molar-refractivity contribution in [3.8, 4) is 0 Å². The minimum atomic E-state index is -0.805. The number of esters is 3. The van der Waals surface area contributed by atoms with E-state index in [2.05, 4.69) is 154 Å². The van der Waals surface area contributed by atoms with Crippen molar-refractivity contribution in [2.45, 2.75) is 322 Å². The molecule has 0 aliphatic rings. The molecule has 6 nitrogen and oxygen atoms in total. The fraction of sp³-hybridized carbons (Fsp3) is 0.675. The van der Waals surface area contributed by atoms with Crippen LogP contribution in [0.1, 0.15) is 316 Å². The SMILES string of the molecule is CC/C=C\C/C=C\C/C=C\C/C=C\C/C=C\C/C=C\C/C=C\CCCCCC(=O)OCC(COC(=O)CCCCCCCCC/C=C\CCCCCCCC)OC(=O)CCCCCCCCCC/C=C\C/C=C\C/C=C\CCCCCCC. The fourth-order valence-electron chi connectivity index (χ4n) is 9.43. The fourth-order valence-corrected chi connectivity index (χ4v) is 9.43. The summed E-state index contributed by atoms with van der Waals surface area (Å²) in [5, 5.41) is 0. The van der Waals surface area contributed by atoms with Crippen LogP contribution in [0.2, 0.25) is 0 Å². The molecule has 0 bridgehead atoms. The lowest BCUT2D eigenvalue weighted by Gasteiger charge is -2.18. The molecule has 0 aliphatic heterocycles. The van der Waals surface area contributed by atoms with Gasteiger partial charge in [0.1, 0.15) is 13.2 Å². The van der Waals surface area contributed by atoms with Crippen molar-refractivity contribution in [1.82, 2.24) is 0 Å². The largest absolute Gasteiger partial charge is 0.462 e. The third-order valence-electron chi connectivity index (χ3n) is 14.6. The molecule has 0 saturated heterocycles. The summed E-state index contributed by atoms with van der Waals surface area (Å²) in [6, 6.07) is 0. The Kier molecular flexibility index (Phi) is 66.3. The zero-order valence-electron chi connectivity index (χ0n) is 54.2. The Bertz CT molecular complexity index is 1750. The summed E-state index contributed by atoms with van der Waals surface area (Å²) >= 11 is 0. The quantitative estimate of drug-likeness (QED) is 0.0261. The second-order valence-electron chi connectivity index (χ2n) is 22.7. The average Bonchev–Trinajstić information content (AvgIpc) is 3.49. The van der Waals surface area contributed by atoms with E-state index in [0.29, 0.717) is 19.3 Å². The molecule has 0 aromatic rings. The van der Waals surface area contributed by atoms with Crippen molar-refractivity contribution in [3.63, 3.8) is 0 Å². The van der Waals surface area contributed by atoms with Crippen LogP contribution in [0.3, 0.4) is 0 Å². The summed E-state index contributed by atoms with van der Waals surface area (Å²) < 4.78 is 17.0. The van der Waals surface area contributed by atoms with E-state index in [1.807, 2.05) is 0 Å². The van der Waals surface area contributed by atoms with Gasteiger partial charge in [-0.3, -0.25) is 14.4 Å². The maximum atomic E-state index is 13.0. The van der Waals surface area contributed by atoms with Crippen LogP contribution < -0.4 is 0 Å². The third kappa shape index (κ3) is 68.2. The molecule has 0 fully saturated rings. The Morgan fingerprint density at radius 3 is 0.759 bits per heavy atom. The lowest BCUT2D eigenvalue weighted by Crippen LogP contribution is -2.30. The van der Waals surface area contributed by atoms with Crippen LogP contribution >= 0.6 is 0 Å². The predicted octanol–water partition coefficient (Wildman–Crippen LogP) is 24.1. The monoisotopic (exact) mass is 1150 g/mol. The molecule has 0 radical (unpaired) electrons. The van der Waals surface area contributed by atoms with E-state index in [4.69, 9.17) is 14.2 Å². The first kappa shape index (κ1) is 78.5. The maximum absolute atomic E-state index is 13.0. The highest BCUT2D eigenvalue weighted by atomic mass is 16.6. The van der Waals surface area contributed by atoms with Gasteiger partial charge in [-0.2, -0.15) is 0 Å². The molecule has 0 rings (SSSR count). The van der Waals surface area contributed by atoms with Crippen LogP contribution in [0.5, 0.6) is 0 Å². The standard InChI is InChI=1S/C77H128O6/c1-4-7-10-13-16-19-22-25-28-31-33-35-37-38-40-41-43-46-49-52-55-58-61-64-67-70-76(79)82-73-74(72-81-75(78)69-66-63-60-57-54-51-48-45-30-27-24-21-18-15-12-9-6-3)83-77(80)71-68-65-62-59-56-53-50-47-44-42-39-36-34-32-29-26-23-20-17-14-11-8-5-2/h7,10,16,19,23,25-28,30,32-35,38-40,42-43,46,52,55,74H,4-6,8-9,11-15,17-18,20-22,24,29,31,36-37,41,44-45,47-51,53-54,56-73H2,1-3H3/b10-7-,19-16-,26-23-,28-25-,30-27-,34-32-,35-33-,40-38-,42-39-,46-43-,55-52-. The van der Waals surface area contributed by atoms with Crippen LogP contribution in [-0.2, 0) is 28.6 Å². The van der Waals surface area contributed by atoms with Crippen molar-refractivity contribution < 1.29 is 28.6 Å². The van der Waals surface area contributed by atoms with Gasteiger partial charge in [0.05, 0.1) is 0 Å². The number of allylic oxidation sites excluding steroid dienone is 22. The van der Waals surface area contributed by atoms with E-state index in [9.17, 15) is 14.4 Å². The maximum Gasteiger partial charge on any atom is 0.306 e. The van der Waals surface area contributed by atoms with Crippen molar-refractivity contribution in [3.05, 3.63) is 134 Å². The zero-order chi connectivity index (χ0) is 59.9. The molecule has 0 spiro atoms. The lowest BCUT2D eigenvalue weighted by atomic mass is 10.1. The van der Waals surface area contributed by atoms with Crippen LogP contribution in [0.4, 0.5) is 0 Å². The molecule has 0 N–H and O–H groups in total. The van der Waals surface area contributed by atoms with Crippen LogP contribution in [-0.4, -0.2) is 37.2 Å². The highest BCUT2D eigenvalue weighted by molar-refractivity contribution is 5.71. The summed E-state index contributed by atoms with van der Waals surface area (Å²) in [6.45, 7) is 6.50. The van der Waals surface area contributed by atoms with Crippen LogP contribution in [0, 0.1) is 0 Å². The highest BCUT2D eigenvalue weighted by Gasteiger charge is 2.19. The summed E-state index contributed by atoms with van der Waals surface area (Å²) in [4.78, 5) is 38.5. The van der Waals surface area contributed by atoms with E-state index in [1.165, 1.54) is 148 Å². The van der Waals surface area contributed by atoms with Crippen LogP contribution in [0.15, 0.2) is 134 Å². The summed E-state index contributed by atoms with van der Waals surface area (Å²) in [5.74, 6) is -0.936. The highest BCUT2D eigenvalue weighted by Crippen LogP contribution is 2.15. The molecule has 1 unspecified atom stereocenters. The Balaban J connectivity index is 4.48. The molecular formula is C77H128O6. The minimum Gasteiger partial charge on any atom is -0.462 e. The van der Waals surface area contributed by atoms with E-state index in [-0.39, 0.29) is 31.1 Å². The first-order chi connectivity index (χ1) is 41.0. The normalized spacial score (nSPS) is 13.0. The molecule has 0 saturated carbocycles. The van der Waals surface area contributed by atoms with Gasteiger partial charge in [0.25, 0.3) is 0 Å². The smallest absolute Gasteiger partial charge is 0.306 e. The topological polar surface area (TPSA) is 78.9 Å². The third-order valence-corrected chi connectivity index (χ3v) is 14.6. The molecule has 1 atom stereocenters. The van der Waals surface area contributed by atoms with Gasteiger partial charge in [-0.1, -0.05) is 289 Å². The Hall–Kier alpha value is -4.45. The Labute approximate surface area is 513 Å². The van der Waals surface area contributed by atoms with Crippen molar-refractivity contribution >= 4 is 17.9 Å². The average molecular weight is 1150 g/mol. The van der Waals surface area contributed by atoms with Gasteiger partial charge in [-0.05, 0) is 141 Å². The molecular weight excluding hydrogens is 1020 g/mol. The first-order valence-corrected chi connectivity index (χ1v) is 34.7. The summed E-state index contributed by atoms with van der Waals surface area (Å²) in [6.07, 6.45) is 98.9. The number of carbonyl (C=O) groups excluding carboxylic acids is 3. The van der Waals surface area contributed by atoms with Crippen molar-refractivity contribution in [2.75, 3.05) is 13.2 Å². The number of rotatable bonds is 62. The summed E-state index contributed by atoms with van der Waals surface area (Å²) in [5.41, 5.74) is 0. The van der Waals surface area contributed by atoms with Crippen LogP contribution in [0.25, 0.3) is 0 Å². The van der Waals surface area contributed by atoms with Crippen molar-refractivity contribution in [2.24, 2.45) is 0 Å². The summed E-state index contributed by atoms with van der Waals surface area (Å²) in [7, 11) is 0. The Morgan fingerprint density at radius 1 is 0.253 bits per heavy atom. The minimum absolute atomic E-state index is 0.0970. The predicted molar refractivity (Wildman–Crippen MR) is 362 cm³/mol. The number of carbonyl (C=O) groups is 3. The van der Waals surface area contributed by atoms with E-state index < -0.39 is 6.10 Å². The molecule has 83 heavy (non-hydrogen) atoms. The number of unbranched alkanes of at least 4 members (excludes halogenated alkanes) is 29. The second kappa shape index (κ2) is 70.0. The molecule has 0 aromatic heterocycles. The molecule has 0 heterocycles. The zero-order valence-corrected chi connectivity index (χ0v) is 54.2. The van der Waals surface area contributed by atoms with E-state index >= 15 is 0 Å². The van der Waals surface area contributed by atoms with E-state index in [0.717, 1.165) is 128 Å². The van der Waals surface area contributed by atoms with Gasteiger partial charge >= 0.3 is 17.9 Å². The molecule has 472 valence electrons. The van der Waals surface area contributed by atoms with Gasteiger partial charge in [0.15, 0.2) is 6.10 Å². The molecule has 0 amide bonds. The number of ether oxygens (including phenoxy) is 3. The number of hydrogen-bond acceptors (Lipinski definition) is 6.